The standard InChI is InChI=1S/C18H25NO4/c1-13-5-4-8-19(10-13)17(20)11-23-18(21)12-22-16-7-6-14(2)15(3)9-16/h6-7,9,13H,4-5,8,10-12H2,1-3H3. The average Bonchev–Trinajstić information content (AvgIpc) is 2.53. The Morgan fingerprint density at radius 3 is 2.70 bits per heavy atom. The van der Waals surface area contributed by atoms with E-state index in [1.807, 2.05) is 32.0 Å². The number of esters is 1. The van der Waals surface area contributed by atoms with Crippen LogP contribution in [0.4, 0.5) is 0 Å². The van der Waals surface area contributed by atoms with Gasteiger partial charge in [0.05, 0.1) is 0 Å². The fraction of sp³-hybridized carbons (Fsp3) is 0.556. The fourth-order valence-electron chi connectivity index (χ4n) is 2.64. The summed E-state index contributed by atoms with van der Waals surface area (Å²) < 4.78 is 10.4. The van der Waals surface area contributed by atoms with E-state index in [1.54, 1.807) is 4.90 Å². The maximum Gasteiger partial charge on any atom is 0.344 e. The number of hydrogen-bond acceptors (Lipinski definition) is 4. The summed E-state index contributed by atoms with van der Waals surface area (Å²) in [5, 5.41) is 0. The molecule has 0 N–H and O–H groups in total. The maximum atomic E-state index is 12.0. The van der Waals surface area contributed by atoms with E-state index in [1.165, 1.54) is 5.56 Å². The molecule has 1 aromatic rings. The van der Waals surface area contributed by atoms with Crippen LogP contribution in [0, 0.1) is 19.8 Å². The van der Waals surface area contributed by atoms with Crippen molar-refractivity contribution >= 4 is 11.9 Å². The molecule has 5 nitrogen and oxygen atoms in total. The first-order valence-corrected chi connectivity index (χ1v) is 8.09. The molecule has 1 amide bonds. The van der Waals surface area contributed by atoms with Crippen molar-refractivity contribution in [2.24, 2.45) is 5.92 Å². The number of aryl methyl sites for hydroxylation is 2. The van der Waals surface area contributed by atoms with Crippen molar-refractivity contribution in [1.29, 1.82) is 0 Å². The number of benzene rings is 1. The largest absolute Gasteiger partial charge is 0.482 e. The van der Waals surface area contributed by atoms with Crippen LogP contribution in [0.15, 0.2) is 18.2 Å². The van der Waals surface area contributed by atoms with Gasteiger partial charge < -0.3 is 14.4 Å². The van der Waals surface area contributed by atoms with Gasteiger partial charge in [-0.05, 0) is 55.9 Å². The van der Waals surface area contributed by atoms with Gasteiger partial charge in [-0.3, -0.25) is 4.79 Å². The predicted molar refractivity (Wildman–Crippen MR) is 87.3 cm³/mol. The highest BCUT2D eigenvalue weighted by atomic mass is 16.6. The van der Waals surface area contributed by atoms with Crippen molar-refractivity contribution in [3.05, 3.63) is 29.3 Å². The number of piperidine rings is 1. The Balaban J connectivity index is 1.72. The molecule has 126 valence electrons. The van der Waals surface area contributed by atoms with Crippen molar-refractivity contribution in [1.82, 2.24) is 4.90 Å². The third-order valence-corrected chi connectivity index (χ3v) is 4.20. The van der Waals surface area contributed by atoms with E-state index in [-0.39, 0.29) is 19.1 Å². The third kappa shape index (κ3) is 5.27. The number of likely N-dealkylation sites (tertiary alicyclic amines) is 1. The lowest BCUT2D eigenvalue weighted by atomic mass is 10.0. The molecule has 0 radical (unpaired) electrons. The second kappa shape index (κ2) is 7.99. The molecular formula is C18H25NO4. The zero-order chi connectivity index (χ0) is 16.8. The molecule has 5 heteroatoms. The van der Waals surface area contributed by atoms with Crippen LogP contribution in [-0.2, 0) is 14.3 Å². The highest BCUT2D eigenvalue weighted by Crippen LogP contribution is 2.17. The topological polar surface area (TPSA) is 55.8 Å². The number of carbonyl (C=O) groups excluding carboxylic acids is 2. The SMILES string of the molecule is Cc1ccc(OCC(=O)OCC(=O)N2CCCC(C)C2)cc1C. The lowest BCUT2D eigenvalue weighted by Crippen LogP contribution is -2.41. The van der Waals surface area contributed by atoms with Crippen molar-refractivity contribution < 1.29 is 19.1 Å². The van der Waals surface area contributed by atoms with Crippen LogP contribution < -0.4 is 4.74 Å². The second-order valence-corrected chi connectivity index (χ2v) is 6.28. The van der Waals surface area contributed by atoms with E-state index in [0.717, 1.165) is 31.5 Å². The summed E-state index contributed by atoms with van der Waals surface area (Å²) in [6.07, 6.45) is 2.16. The van der Waals surface area contributed by atoms with E-state index in [0.29, 0.717) is 11.7 Å². The quantitative estimate of drug-likeness (QED) is 0.783. The minimum Gasteiger partial charge on any atom is -0.482 e. The Morgan fingerprint density at radius 2 is 2.00 bits per heavy atom. The molecule has 0 bridgehead atoms. The fourth-order valence-corrected chi connectivity index (χ4v) is 2.64. The third-order valence-electron chi connectivity index (χ3n) is 4.20. The minimum atomic E-state index is -0.526. The lowest BCUT2D eigenvalue weighted by molar-refractivity contribution is -0.154. The van der Waals surface area contributed by atoms with E-state index in [4.69, 9.17) is 9.47 Å². The van der Waals surface area contributed by atoms with Crippen LogP contribution in [0.3, 0.4) is 0 Å². The minimum absolute atomic E-state index is 0.129. The number of hydrogen-bond donors (Lipinski definition) is 0. The van der Waals surface area contributed by atoms with Crippen LogP contribution in [0.25, 0.3) is 0 Å². The van der Waals surface area contributed by atoms with Crippen LogP contribution in [0.5, 0.6) is 5.75 Å². The number of nitrogens with zero attached hydrogens (tertiary/aromatic N) is 1. The van der Waals surface area contributed by atoms with Gasteiger partial charge in [-0.2, -0.15) is 0 Å². The van der Waals surface area contributed by atoms with Gasteiger partial charge in [0.25, 0.3) is 5.91 Å². The molecule has 1 atom stereocenters. The Kier molecular flexibility index (Phi) is 6.02. The van der Waals surface area contributed by atoms with Gasteiger partial charge in [0.1, 0.15) is 5.75 Å². The highest BCUT2D eigenvalue weighted by Gasteiger charge is 2.21. The zero-order valence-corrected chi connectivity index (χ0v) is 14.1. The molecule has 1 aromatic carbocycles. The smallest absolute Gasteiger partial charge is 0.344 e. The van der Waals surface area contributed by atoms with Gasteiger partial charge in [0.15, 0.2) is 13.2 Å². The van der Waals surface area contributed by atoms with Crippen molar-refractivity contribution in [3.8, 4) is 5.75 Å². The normalized spacial score (nSPS) is 17.7. The van der Waals surface area contributed by atoms with Gasteiger partial charge in [-0.25, -0.2) is 4.79 Å². The summed E-state index contributed by atoms with van der Waals surface area (Å²) in [5.74, 6) is 0.482. The van der Waals surface area contributed by atoms with Crippen LogP contribution in [0.2, 0.25) is 0 Å². The molecule has 0 aromatic heterocycles. The van der Waals surface area contributed by atoms with Gasteiger partial charge in [-0.1, -0.05) is 13.0 Å². The Bertz CT molecular complexity index is 570. The van der Waals surface area contributed by atoms with Crippen LogP contribution in [-0.4, -0.2) is 43.1 Å². The molecule has 1 fully saturated rings. The van der Waals surface area contributed by atoms with Crippen LogP contribution >= 0.6 is 0 Å². The first-order valence-electron chi connectivity index (χ1n) is 8.09. The monoisotopic (exact) mass is 319 g/mol. The predicted octanol–water partition coefficient (Wildman–Crippen LogP) is 2.48. The number of rotatable bonds is 5. The summed E-state index contributed by atoms with van der Waals surface area (Å²) in [4.78, 5) is 25.5. The first kappa shape index (κ1) is 17.3. The molecule has 2 rings (SSSR count). The molecular weight excluding hydrogens is 294 g/mol. The molecule has 1 saturated heterocycles. The average molecular weight is 319 g/mol. The molecule has 0 aliphatic carbocycles. The van der Waals surface area contributed by atoms with Gasteiger partial charge in [-0.15, -0.1) is 0 Å². The summed E-state index contributed by atoms with van der Waals surface area (Å²) >= 11 is 0. The Hall–Kier alpha value is -2.04. The number of ether oxygens (including phenoxy) is 2. The molecule has 0 spiro atoms. The lowest BCUT2D eigenvalue weighted by Gasteiger charge is -2.30. The molecule has 0 saturated carbocycles. The summed E-state index contributed by atoms with van der Waals surface area (Å²) in [7, 11) is 0. The van der Waals surface area contributed by atoms with Crippen molar-refractivity contribution in [2.45, 2.75) is 33.6 Å². The molecule has 23 heavy (non-hydrogen) atoms. The van der Waals surface area contributed by atoms with Crippen LogP contribution in [0.1, 0.15) is 30.9 Å². The highest BCUT2D eigenvalue weighted by molar-refractivity contribution is 5.81. The number of carbonyl (C=O) groups is 2. The van der Waals surface area contributed by atoms with Crippen molar-refractivity contribution in [3.63, 3.8) is 0 Å². The first-order chi connectivity index (χ1) is 11.0. The Labute approximate surface area is 137 Å². The summed E-state index contributed by atoms with van der Waals surface area (Å²) in [6.45, 7) is 7.23. The summed E-state index contributed by atoms with van der Waals surface area (Å²) in [6, 6.07) is 5.63. The van der Waals surface area contributed by atoms with Crippen molar-refractivity contribution in [2.75, 3.05) is 26.3 Å². The zero-order valence-electron chi connectivity index (χ0n) is 14.1. The molecule has 1 heterocycles. The number of amides is 1. The summed E-state index contributed by atoms with van der Waals surface area (Å²) in [5.41, 5.74) is 2.27. The maximum absolute atomic E-state index is 12.0. The second-order valence-electron chi connectivity index (χ2n) is 6.28. The van der Waals surface area contributed by atoms with Gasteiger partial charge in [0.2, 0.25) is 0 Å². The van der Waals surface area contributed by atoms with E-state index >= 15 is 0 Å². The molecule has 1 unspecified atom stereocenters. The molecule has 1 aliphatic rings. The molecule has 1 aliphatic heterocycles. The van der Waals surface area contributed by atoms with Gasteiger partial charge >= 0.3 is 5.97 Å². The van der Waals surface area contributed by atoms with E-state index in [2.05, 4.69) is 6.92 Å². The van der Waals surface area contributed by atoms with E-state index in [9.17, 15) is 9.59 Å². The Morgan fingerprint density at radius 1 is 1.22 bits per heavy atom. The van der Waals surface area contributed by atoms with Gasteiger partial charge in [0, 0.05) is 13.1 Å². The van der Waals surface area contributed by atoms with E-state index < -0.39 is 5.97 Å².